The van der Waals surface area contributed by atoms with E-state index in [-0.39, 0.29) is 11.9 Å². The SMILES string of the molecule is C=CC(=O)N1Cc2ccccc2CC1C(=O)OC. The molecular formula is C14H15NO3. The predicted octanol–water partition coefficient (Wildman–Crippen LogP) is 1.30. The zero-order chi connectivity index (χ0) is 13.1. The molecule has 4 heteroatoms. The van der Waals surface area contributed by atoms with Crippen LogP contribution in [0.15, 0.2) is 36.9 Å². The van der Waals surface area contributed by atoms with Crippen molar-refractivity contribution in [3.05, 3.63) is 48.0 Å². The van der Waals surface area contributed by atoms with E-state index < -0.39 is 6.04 Å². The van der Waals surface area contributed by atoms with E-state index in [0.717, 1.165) is 11.1 Å². The molecule has 0 radical (unpaired) electrons. The van der Waals surface area contributed by atoms with Crippen molar-refractivity contribution in [1.82, 2.24) is 4.90 Å². The number of nitrogens with zero attached hydrogens (tertiary/aromatic N) is 1. The fraction of sp³-hybridized carbons (Fsp3) is 0.286. The summed E-state index contributed by atoms with van der Waals surface area (Å²) in [4.78, 5) is 25.1. The van der Waals surface area contributed by atoms with Crippen molar-refractivity contribution in [1.29, 1.82) is 0 Å². The zero-order valence-electron chi connectivity index (χ0n) is 10.3. The van der Waals surface area contributed by atoms with Gasteiger partial charge in [0.25, 0.3) is 0 Å². The van der Waals surface area contributed by atoms with Crippen molar-refractivity contribution >= 4 is 11.9 Å². The van der Waals surface area contributed by atoms with E-state index in [1.54, 1.807) is 0 Å². The standard InChI is InChI=1S/C14H15NO3/c1-3-13(16)15-9-11-7-5-4-6-10(11)8-12(15)14(17)18-2/h3-7,12H,1,8-9H2,2H3. The molecule has 18 heavy (non-hydrogen) atoms. The number of esters is 1. The van der Waals surface area contributed by atoms with Gasteiger partial charge in [0.15, 0.2) is 0 Å². The van der Waals surface area contributed by atoms with Crippen molar-refractivity contribution < 1.29 is 14.3 Å². The number of ether oxygens (including phenoxy) is 1. The molecule has 0 saturated carbocycles. The van der Waals surface area contributed by atoms with E-state index >= 15 is 0 Å². The number of carbonyl (C=O) groups is 2. The Morgan fingerprint density at radius 2 is 2.06 bits per heavy atom. The lowest BCUT2D eigenvalue weighted by Gasteiger charge is -2.34. The highest BCUT2D eigenvalue weighted by Gasteiger charge is 2.34. The highest BCUT2D eigenvalue weighted by Crippen LogP contribution is 2.24. The van der Waals surface area contributed by atoms with E-state index in [4.69, 9.17) is 4.74 Å². The maximum absolute atomic E-state index is 11.8. The topological polar surface area (TPSA) is 46.6 Å². The summed E-state index contributed by atoms with van der Waals surface area (Å²) in [5.74, 6) is -0.639. The summed E-state index contributed by atoms with van der Waals surface area (Å²) < 4.78 is 4.76. The van der Waals surface area contributed by atoms with E-state index in [9.17, 15) is 9.59 Å². The Labute approximate surface area is 106 Å². The van der Waals surface area contributed by atoms with E-state index in [2.05, 4.69) is 6.58 Å². The molecule has 1 unspecified atom stereocenters. The maximum atomic E-state index is 11.8. The quantitative estimate of drug-likeness (QED) is 0.583. The lowest BCUT2D eigenvalue weighted by Crippen LogP contribution is -2.48. The summed E-state index contributed by atoms with van der Waals surface area (Å²) in [5, 5.41) is 0. The van der Waals surface area contributed by atoms with Crippen LogP contribution in [0.5, 0.6) is 0 Å². The van der Waals surface area contributed by atoms with Crippen LogP contribution in [0.1, 0.15) is 11.1 Å². The molecule has 0 aromatic heterocycles. The van der Waals surface area contributed by atoms with Crippen LogP contribution in [-0.4, -0.2) is 29.9 Å². The predicted molar refractivity (Wildman–Crippen MR) is 66.7 cm³/mol. The van der Waals surface area contributed by atoms with Gasteiger partial charge in [-0.2, -0.15) is 0 Å². The third kappa shape index (κ3) is 2.14. The summed E-state index contributed by atoms with van der Waals surface area (Å²) in [6.45, 7) is 3.89. The zero-order valence-corrected chi connectivity index (χ0v) is 10.3. The maximum Gasteiger partial charge on any atom is 0.328 e. The largest absolute Gasteiger partial charge is 0.467 e. The van der Waals surface area contributed by atoms with E-state index in [0.29, 0.717) is 13.0 Å². The van der Waals surface area contributed by atoms with Crippen LogP contribution in [0, 0.1) is 0 Å². The van der Waals surface area contributed by atoms with Gasteiger partial charge < -0.3 is 9.64 Å². The number of hydrogen-bond acceptors (Lipinski definition) is 3. The van der Waals surface area contributed by atoms with Gasteiger partial charge in [0.05, 0.1) is 7.11 Å². The van der Waals surface area contributed by atoms with Crippen molar-refractivity contribution in [3.8, 4) is 0 Å². The van der Waals surface area contributed by atoms with Crippen LogP contribution < -0.4 is 0 Å². The van der Waals surface area contributed by atoms with Crippen LogP contribution in [0.25, 0.3) is 0 Å². The third-order valence-electron chi connectivity index (χ3n) is 3.18. The number of hydrogen-bond donors (Lipinski definition) is 0. The van der Waals surface area contributed by atoms with Gasteiger partial charge in [-0.1, -0.05) is 30.8 Å². The summed E-state index contributed by atoms with van der Waals surface area (Å²) >= 11 is 0. The molecule has 0 aliphatic carbocycles. The molecule has 1 aliphatic heterocycles. The van der Waals surface area contributed by atoms with E-state index in [1.165, 1.54) is 18.1 Å². The summed E-state index contributed by atoms with van der Waals surface area (Å²) in [6.07, 6.45) is 1.71. The average molecular weight is 245 g/mol. The second-order valence-corrected chi connectivity index (χ2v) is 4.18. The van der Waals surface area contributed by atoms with Gasteiger partial charge in [0, 0.05) is 13.0 Å². The Bertz CT molecular complexity index is 496. The van der Waals surface area contributed by atoms with Gasteiger partial charge in [0.1, 0.15) is 6.04 Å². The summed E-state index contributed by atoms with van der Waals surface area (Å²) in [7, 11) is 1.33. The number of fused-ring (bicyclic) bond motifs is 1. The van der Waals surface area contributed by atoms with Crippen LogP contribution in [0.3, 0.4) is 0 Å². The van der Waals surface area contributed by atoms with Crippen LogP contribution >= 0.6 is 0 Å². The minimum absolute atomic E-state index is 0.250. The van der Waals surface area contributed by atoms with Crippen LogP contribution in [-0.2, 0) is 27.3 Å². The monoisotopic (exact) mass is 245 g/mol. The number of carbonyl (C=O) groups excluding carboxylic acids is 2. The van der Waals surface area contributed by atoms with Crippen molar-refractivity contribution in [3.63, 3.8) is 0 Å². The molecule has 4 nitrogen and oxygen atoms in total. The molecule has 1 amide bonds. The smallest absolute Gasteiger partial charge is 0.328 e. The van der Waals surface area contributed by atoms with Crippen molar-refractivity contribution in [2.45, 2.75) is 19.0 Å². The molecule has 1 aliphatic rings. The Morgan fingerprint density at radius 3 is 2.67 bits per heavy atom. The first-order valence-corrected chi connectivity index (χ1v) is 5.75. The minimum atomic E-state index is -0.560. The molecule has 0 N–H and O–H groups in total. The molecule has 1 aromatic carbocycles. The summed E-state index contributed by atoms with van der Waals surface area (Å²) in [5.41, 5.74) is 2.15. The highest BCUT2D eigenvalue weighted by atomic mass is 16.5. The van der Waals surface area contributed by atoms with Gasteiger partial charge in [-0.3, -0.25) is 4.79 Å². The Kier molecular flexibility index (Phi) is 3.46. The first kappa shape index (κ1) is 12.4. The molecule has 0 spiro atoms. The lowest BCUT2D eigenvalue weighted by atomic mass is 9.94. The molecule has 1 aromatic rings. The number of methoxy groups -OCH3 is 1. The fourth-order valence-corrected chi connectivity index (χ4v) is 2.22. The summed E-state index contributed by atoms with van der Waals surface area (Å²) in [6, 6.07) is 7.23. The molecule has 94 valence electrons. The first-order valence-electron chi connectivity index (χ1n) is 5.75. The average Bonchev–Trinajstić information content (AvgIpc) is 2.44. The number of benzene rings is 1. The first-order chi connectivity index (χ1) is 8.67. The van der Waals surface area contributed by atoms with Gasteiger partial charge >= 0.3 is 5.97 Å². The Balaban J connectivity index is 2.36. The van der Waals surface area contributed by atoms with Gasteiger partial charge in [-0.15, -0.1) is 0 Å². The minimum Gasteiger partial charge on any atom is -0.467 e. The van der Waals surface area contributed by atoms with E-state index in [1.807, 2.05) is 24.3 Å². The molecular weight excluding hydrogens is 230 g/mol. The van der Waals surface area contributed by atoms with Gasteiger partial charge in [-0.25, -0.2) is 4.79 Å². The lowest BCUT2D eigenvalue weighted by molar-refractivity contribution is -0.152. The van der Waals surface area contributed by atoms with Gasteiger partial charge in [-0.05, 0) is 17.2 Å². The molecule has 0 fully saturated rings. The normalized spacial score (nSPS) is 17.8. The van der Waals surface area contributed by atoms with Gasteiger partial charge in [0.2, 0.25) is 5.91 Å². The van der Waals surface area contributed by atoms with Crippen molar-refractivity contribution in [2.75, 3.05) is 7.11 Å². The third-order valence-corrected chi connectivity index (χ3v) is 3.18. The molecule has 0 saturated heterocycles. The van der Waals surface area contributed by atoms with Crippen LogP contribution in [0.4, 0.5) is 0 Å². The van der Waals surface area contributed by atoms with Crippen LogP contribution in [0.2, 0.25) is 0 Å². The Morgan fingerprint density at radius 1 is 1.39 bits per heavy atom. The molecule has 1 heterocycles. The number of amides is 1. The second kappa shape index (κ2) is 5.04. The molecule has 1 atom stereocenters. The highest BCUT2D eigenvalue weighted by molar-refractivity contribution is 5.91. The fourth-order valence-electron chi connectivity index (χ4n) is 2.22. The second-order valence-electron chi connectivity index (χ2n) is 4.18. The molecule has 0 bridgehead atoms. The molecule has 2 rings (SSSR count). The van der Waals surface area contributed by atoms with Crippen molar-refractivity contribution in [2.24, 2.45) is 0 Å². The number of rotatable bonds is 2. The Hall–Kier alpha value is -2.10.